The Kier molecular flexibility index (Phi) is 6.02. The monoisotopic (exact) mass is 292 g/mol. The largest absolute Gasteiger partial charge is 0.378 e. The lowest BCUT2D eigenvalue weighted by Crippen LogP contribution is -2.28. The summed E-state index contributed by atoms with van der Waals surface area (Å²) in [6, 6.07) is 7.53. The van der Waals surface area contributed by atoms with Crippen LogP contribution in [0.4, 0.5) is 5.69 Å². The summed E-state index contributed by atoms with van der Waals surface area (Å²) in [6.45, 7) is 2.49. The number of nitrogens with zero attached hydrogens (tertiary/aromatic N) is 1. The van der Waals surface area contributed by atoms with Crippen LogP contribution in [0.1, 0.15) is 23.2 Å². The van der Waals surface area contributed by atoms with Crippen LogP contribution in [0.2, 0.25) is 0 Å². The van der Waals surface area contributed by atoms with Crippen molar-refractivity contribution in [1.82, 2.24) is 5.32 Å². The second-order valence-corrected chi connectivity index (χ2v) is 5.41. The number of hydrogen-bond acceptors (Lipinski definition) is 4. The molecule has 0 aliphatic carbocycles. The zero-order valence-corrected chi connectivity index (χ0v) is 12.8. The Morgan fingerprint density at radius 2 is 2.14 bits per heavy atom. The van der Waals surface area contributed by atoms with Crippen molar-refractivity contribution >= 4 is 11.6 Å². The minimum atomic E-state index is -0.0685. The highest BCUT2D eigenvalue weighted by Gasteiger charge is 2.15. The van der Waals surface area contributed by atoms with Crippen LogP contribution >= 0.6 is 0 Å². The quantitative estimate of drug-likeness (QED) is 0.777. The predicted molar refractivity (Wildman–Crippen MR) is 82.9 cm³/mol. The summed E-state index contributed by atoms with van der Waals surface area (Å²) in [5.41, 5.74) is 1.74. The first-order valence-corrected chi connectivity index (χ1v) is 7.42. The molecule has 1 aliphatic rings. The maximum absolute atomic E-state index is 11.9. The summed E-state index contributed by atoms with van der Waals surface area (Å²) in [5, 5.41) is 2.85. The van der Waals surface area contributed by atoms with Gasteiger partial charge in [0.15, 0.2) is 0 Å². The summed E-state index contributed by atoms with van der Waals surface area (Å²) in [6.07, 6.45) is 2.43. The van der Waals surface area contributed by atoms with E-state index in [1.807, 2.05) is 43.3 Å². The molecule has 1 N–H and O–H groups in total. The first-order valence-electron chi connectivity index (χ1n) is 7.42. The predicted octanol–water partition coefficient (Wildman–Crippen LogP) is 1.68. The summed E-state index contributed by atoms with van der Waals surface area (Å²) in [4.78, 5) is 13.9. The summed E-state index contributed by atoms with van der Waals surface area (Å²) >= 11 is 0. The van der Waals surface area contributed by atoms with Gasteiger partial charge in [-0.3, -0.25) is 4.79 Å². The van der Waals surface area contributed by atoms with E-state index in [-0.39, 0.29) is 12.0 Å². The van der Waals surface area contributed by atoms with Crippen molar-refractivity contribution in [3.8, 4) is 0 Å². The molecule has 116 valence electrons. The third kappa shape index (κ3) is 5.02. The fourth-order valence-corrected chi connectivity index (χ4v) is 2.24. The Labute approximate surface area is 126 Å². The van der Waals surface area contributed by atoms with Crippen LogP contribution < -0.4 is 10.2 Å². The zero-order chi connectivity index (χ0) is 15.1. The lowest BCUT2D eigenvalue weighted by atomic mass is 10.2. The minimum absolute atomic E-state index is 0.0685. The first-order chi connectivity index (χ1) is 10.2. The molecule has 0 radical (unpaired) electrons. The molecule has 2 rings (SSSR count). The highest BCUT2D eigenvalue weighted by Crippen LogP contribution is 2.12. The molecule has 1 atom stereocenters. The van der Waals surface area contributed by atoms with Gasteiger partial charge in [0.1, 0.15) is 0 Å². The number of carbonyl (C=O) groups is 1. The Hall–Kier alpha value is -1.59. The molecule has 5 nitrogen and oxygen atoms in total. The van der Waals surface area contributed by atoms with Crippen LogP contribution in [0.15, 0.2) is 24.3 Å². The lowest BCUT2D eigenvalue weighted by Gasteiger charge is -2.13. The molecule has 1 aromatic rings. The van der Waals surface area contributed by atoms with Gasteiger partial charge in [0.25, 0.3) is 5.91 Å². The normalized spacial score (nSPS) is 17.7. The number of anilines is 1. The van der Waals surface area contributed by atoms with E-state index < -0.39 is 0 Å². The van der Waals surface area contributed by atoms with E-state index in [4.69, 9.17) is 9.47 Å². The molecule has 1 unspecified atom stereocenters. The number of hydrogen-bond donors (Lipinski definition) is 1. The Bertz CT molecular complexity index is 439. The van der Waals surface area contributed by atoms with Gasteiger partial charge in [0.2, 0.25) is 0 Å². The van der Waals surface area contributed by atoms with Crippen LogP contribution in [0, 0.1) is 0 Å². The molecule has 21 heavy (non-hydrogen) atoms. The third-order valence-corrected chi connectivity index (χ3v) is 3.51. The van der Waals surface area contributed by atoms with Crippen LogP contribution in [-0.4, -0.2) is 52.5 Å². The smallest absolute Gasteiger partial charge is 0.251 e. The van der Waals surface area contributed by atoms with E-state index in [2.05, 4.69) is 5.32 Å². The van der Waals surface area contributed by atoms with Gasteiger partial charge in [0, 0.05) is 38.5 Å². The molecule has 1 aromatic carbocycles. The standard InChI is InChI=1S/C16H24N2O3/c1-18(2)14-7-5-13(6-8-14)16(19)17-9-11-20-12-15-4-3-10-21-15/h5-8,15H,3-4,9-12H2,1-2H3,(H,17,19). The Morgan fingerprint density at radius 1 is 1.38 bits per heavy atom. The third-order valence-electron chi connectivity index (χ3n) is 3.51. The molecule has 0 aromatic heterocycles. The van der Waals surface area contributed by atoms with Gasteiger partial charge in [-0.15, -0.1) is 0 Å². The van der Waals surface area contributed by atoms with Crippen molar-refractivity contribution in [1.29, 1.82) is 0 Å². The van der Waals surface area contributed by atoms with E-state index >= 15 is 0 Å². The minimum Gasteiger partial charge on any atom is -0.378 e. The second-order valence-electron chi connectivity index (χ2n) is 5.41. The van der Waals surface area contributed by atoms with E-state index in [1.54, 1.807) is 0 Å². The fourth-order valence-electron chi connectivity index (χ4n) is 2.24. The summed E-state index contributed by atoms with van der Waals surface area (Å²) < 4.78 is 11.0. The maximum atomic E-state index is 11.9. The number of carbonyl (C=O) groups excluding carboxylic acids is 1. The molecule has 1 amide bonds. The van der Waals surface area contributed by atoms with E-state index in [0.717, 1.165) is 25.1 Å². The molecular formula is C16H24N2O3. The SMILES string of the molecule is CN(C)c1ccc(C(=O)NCCOCC2CCCO2)cc1. The highest BCUT2D eigenvalue weighted by molar-refractivity contribution is 5.94. The lowest BCUT2D eigenvalue weighted by molar-refractivity contribution is 0.0183. The van der Waals surface area contributed by atoms with E-state index in [0.29, 0.717) is 25.3 Å². The molecule has 1 fully saturated rings. The van der Waals surface area contributed by atoms with Gasteiger partial charge < -0.3 is 19.7 Å². The number of amides is 1. The molecule has 5 heteroatoms. The van der Waals surface area contributed by atoms with Gasteiger partial charge >= 0.3 is 0 Å². The Balaban J connectivity index is 1.64. The Morgan fingerprint density at radius 3 is 2.76 bits per heavy atom. The van der Waals surface area contributed by atoms with Crippen LogP contribution in [0.5, 0.6) is 0 Å². The van der Waals surface area contributed by atoms with Crippen LogP contribution in [0.25, 0.3) is 0 Å². The average Bonchev–Trinajstić information content (AvgIpc) is 3.00. The van der Waals surface area contributed by atoms with Crippen molar-refractivity contribution in [3.63, 3.8) is 0 Å². The number of ether oxygens (including phenoxy) is 2. The van der Waals surface area contributed by atoms with Gasteiger partial charge in [-0.2, -0.15) is 0 Å². The average molecular weight is 292 g/mol. The molecule has 1 heterocycles. The van der Waals surface area contributed by atoms with Crippen LogP contribution in [0.3, 0.4) is 0 Å². The molecule has 0 bridgehead atoms. The molecule has 0 spiro atoms. The van der Waals surface area contributed by atoms with E-state index in [1.165, 1.54) is 0 Å². The van der Waals surface area contributed by atoms with Gasteiger partial charge in [-0.1, -0.05) is 0 Å². The molecule has 1 saturated heterocycles. The van der Waals surface area contributed by atoms with Gasteiger partial charge in [-0.25, -0.2) is 0 Å². The fraction of sp³-hybridized carbons (Fsp3) is 0.562. The van der Waals surface area contributed by atoms with Crippen molar-refractivity contribution in [2.75, 3.05) is 45.4 Å². The molecule has 0 saturated carbocycles. The van der Waals surface area contributed by atoms with Crippen LogP contribution in [-0.2, 0) is 9.47 Å². The number of rotatable bonds is 7. The highest BCUT2D eigenvalue weighted by atomic mass is 16.5. The molecular weight excluding hydrogens is 268 g/mol. The zero-order valence-electron chi connectivity index (χ0n) is 12.8. The summed E-state index contributed by atoms with van der Waals surface area (Å²) in [7, 11) is 3.95. The topological polar surface area (TPSA) is 50.8 Å². The van der Waals surface area contributed by atoms with Crippen molar-refractivity contribution in [3.05, 3.63) is 29.8 Å². The van der Waals surface area contributed by atoms with E-state index in [9.17, 15) is 4.79 Å². The second kappa shape index (κ2) is 8.00. The summed E-state index contributed by atoms with van der Waals surface area (Å²) in [5.74, 6) is -0.0685. The van der Waals surface area contributed by atoms with Gasteiger partial charge in [-0.05, 0) is 37.1 Å². The first kappa shape index (κ1) is 15.8. The van der Waals surface area contributed by atoms with Crippen molar-refractivity contribution in [2.45, 2.75) is 18.9 Å². The van der Waals surface area contributed by atoms with Crippen molar-refractivity contribution in [2.24, 2.45) is 0 Å². The molecule has 1 aliphatic heterocycles. The number of benzene rings is 1. The van der Waals surface area contributed by atoms with Gasteiger partial charge in [0.05, 0.1) is 19.3 Å². The maximum Gasteiger partial charge on any atom is 0.251 e. The van der Waals surface area contributed by atoms with Crippen molar-refractivity contribution < 1.29 is 14.3 Å². The number of nitrogens with one attached hydrogen (secondary N) is 1.